The van der Waals surface area contributed by atoms with Crippen LogP contribution in [0.15, 0.2) is 70.0 Å². The van der Waals surface area contributed by atoms with Crippen molar-refractivity contribution in [1.29, 1.82) is 0 Å². The molecule has 0 fully saturated rings. The van der Waals surface area contributed by atoms with E-state index >= 15 is 0 Å². The number of nitrogens with one attached hydrogen (secondary N) is 2. The third kappa shape index (κ3) is 6.21. The molecule has 2 aromatic carbocycles. The molecular weight excluding hydrogens is 430 g/mol. The summed E-state index contributed by atoms with van der Waals surface area (Å²) in [5.74, 6) is 1.44. The van der Waals surface area contributed by atoms with Crippen molar-refractivity contribution < 1.29 is 23.5 Å². The van der Waals surface area contributed by atoms with E-state index in [9.17, 15) is 9.59 Å². The molecule has 8 nitrogen and oxygen atoms in total. The first-order valence-electron chi connectivity index (χ1n) is 9.79. The number of amides is 3. The van der Waals surface area contributed by atoms with E-state index in [0.29, 0.717) is 18.1 Å². The van der Waals surface area contributed by atoms with Crippen LogP contribution in [0.3, 0.4) is 0 Å². The van der Waals surface area contributed by atoms with Crippen LogP contribution in [0.1, 0.15) is 21.9 Å². The van der Waals surface area contributed by atoms with E-state index in [0.717, 1.165) is 16.2 Å². The lowest BCUT2D eigenvalue weighted by Gasteiger charge is -2.19. The number of para-hydroxylation sites is 1. The number of thioether (sulfide) groups is 1. The van der Waals surface area contributed by atoms with Crippen molar-refractivity contribution in [3.8, 4) is 11.5 Å². The van der Waals surface area contributed by atoms with Gasteiger partial charge in [-0.3, -0.25) is 10.2 Å². The van der Waals surface area contributed by atoms with Gasteiger partial charge in [0.2, 0.25) is 0 Å². The number of nitrogens with zero attached hydrogens (tertiary/aromatic N) is 1. The first-order valence-corrected chi connectivity index (χ1v) is 11.0. The molecule has 168 valence electrons. The first-order chi connectivity index (χ1) is 15.5. The topological polar surface area (TPSA) is 93.0 Å². The second-order valence-corrected chi connectivity index (χ2v) is 7.65. The fourth-order valence-electron chi connectivity index (χ4n) is 2.84. The quantitative estimate of drug-likeness (QED) is 0.393. The van der Waals surface area contributed by atoms with E-state index in [1.807, 2.05) is 54.8 Å². The fourth-order valence-corrected chi connectivity index (χ4v) is 3.39. The van der Waals surface area contributed by atoms with Gasteiger partial charge in [0.25, 0.3) is 0 Å². The second kappa shape index (κ2) is 11.1. The molecular formula is C23H25N3O5S. The van der Waals surface area contributed by atoms with Gasteiger partial charge >= 0.3 is 11.9 Å². The van der Waals surface area contributed by atoms with E-state index in [1.165, 1.54) is 11.0 Å². The molecule has 0 aliphatic carbocycles. The van der Waals surface area contributed by atoms with Crippen molar-refractivity contribution in [2.75, 3.05) is 20.4 Å². The van der Waals surface area contributed by atoms with Gasteiger partial charge in [-0.05, 0) is 48.2 Å². The Kier molecular flexibility index (Phi) is 8.04. The molecule has 0 unspecified atom stereocenters. The van der Waals surface area contributed by atoms with E-state index in [4.69, 9.17) is 13.9 Å². The molecule has 1 aromatic heterocycles. The van der Waals surface area contributed by atoms with Crippen molar-refractivity contribution in [2.45, 2.75) is 18.0 Å². The zero-order valence-corrected chi connectivity index (χ0v) is 18.9. The minimum absolute atomic E-state index is 0.0667. The molecule has 2 N–H and O–H groups in total. The summed E-state index contributed by atoms with van der Waals surface area (Å²) in [4.78, 5) is 27.1. The van der Waals surface area contributed by atoms with Gasteiger partial charge in [-0.1, -0.05) is 24.3 Å². The summed E-state index contributed by atoms with van der Waals surface area (Å²) in [5, 5.41) is 0. The van der Waals surface area contributed by atoms with Gasteiger partial charge in [-0.2, -0.15) is 0 Å². The Balaban J connectivity index is 1.48. The highest BCUT2D eigenvalue weighted by Gasteiger charge is 2.15. The molecule has 3 amide bonds. The van der Waals surface area contributed by atoms with E-state index in [-0.39, 0.29) is 12.4 Å². The largest absolute Gasteiger partial charge is 0.496 e. The smallest absolute Gasteiger partial charge is 0.336 e. The van der Waals surface area contributed by atoms with Crippen LogP contribution in [-0.2, 0) is 13.2 Å². The number of rotatable bonds is 8. The van der Waals surface area contributed by atoms with Gasteiger partial charge in [0, 0.05) is 18.5 Å². The van der Waals surface area contributed by atoms with Gasteiger partial charge in [0.15, 0.2) is 5.76 Å². The third-order valence-corrected chi connectivity index (χ3v) is 5.28. The Morgan fingerprint density at radius 3 is 2.56 bits per heavy atom. The maximum atomic E-state index is 12.3. The predicted molar refractivity (Wildman–Crippen MR) is 122 cm³/mol. The lowest BCUT2D eigenvalue weighted by atomic mass is 10.2. The molecule has 1 heterocycles. The van der Waals surface area contributed by atoms with Crippen LogP contribution >= 0.6 is 11.8 Å². The van der Waals surface area contributed by atoms with E-state index in [1.54, 1.807) is 32.0 Å². The summed E-state index contributed by atoms with van der Waals surface area (Å²) >= 11 is 1.58. The molecule has 0 bridgehead atoms. The van der Waals surface area contributed by atoms with Gasteiger partial charge in [-0.15, -0.1) is 11.8 Å². The van der Waals surface area contributed by atoms with Gasteiger partial charge < -0.3 is 18.8 Å². The number of hydrogen-bond acceptors (Lipinski definition) is 6. The van der Waals surface area contributed by atoms with Crippen molar-refractivity contribution in [1.82, 2.24) is 15.8 Å². The summed E-state index contributed by atoms with van der Waals surface area (Å²) in [6, 6.07) is 17.8. The molecule has 32 heavy (non-hydrogen) atoms. The van der Waals surface area contributed by atoms with Gasteiger partial charge in [0.1, 0.15) is 23.9 Å². The highest BCUT2D eigenvalue weighted by Crippen LogP contribution is 2.28. The standard InChI is InChI=1S/C23H25N3O5S/c1-26(14-16-9-12-21(32-3)20(13-16)29-2)23(28)25-24-22(27)19-11-10-18(31-19)15-30-17-7-5-4-6-8-17/h4-13H,14-15H2,1-3H3,(H,24,27)(H,25,28). The number of ether oxygens (including phenoxy) is 2. The molecule has 3 rings (SSSR count). The van der Waals surface area contributed by atoms with Crippen molar-refractivity contribution in [3.63, 3.8) is 0 Å². The molecule has 0 atom stereocenters. The number of urea groups is 1. The molecule has 0 saturated carbocycles. The Morgan fingerprint density at radius 1 is 1.06 bits per heavy atom. The number of furan rings is 1. The normalized spacial score (nSPS) is 10.3. The van der Waals surface area contributed by atoms with Crippen molar-refractivity contribution >= 4 is 23.7 Å². The average molecular weight is 456 g/mol. The highest BCUT2D eigenvalue weighted by atomic mass is 32.2. The van der Waals surface area contributed by atoms with Gasteiger partial charge in [0.05, 0.1) is 7.11 Å². The predicted octanol–water partition coefficient (Wildman–Crippen LogP) is 4.08. The van der Waals surface area contributed by atoms with Crippen LogP contribution < -0.4 is 20.3 Å². The first kappa shape index (κ1) is 23.1. The minimum Gasteiger partial charge on any atom is -0.496 e. The van der Waals surface area contributed by atoms with E-state index in [2.05, 4.69) is 10.9 Å². The molecule has 0 radical (unpaired) electrons. The Bertz CT molecular complexity index is 1050. The van der Waals surface area contributed by atoms with Crippen LogP contribution in [0.2, 0.25) is 0 Å². The summed E-state index contributed by atoms with van der Waals surface area (Å²) in [7, 11) is 3.24. The zero-order valence-electron chi connectivity index (χ0n) is 18.1. The number of hydrazine groups is 1. The number of hydrogen-bond donors (Lipinski definition) is 2. The summed E-state index contributed by atoms with van der Waals surface area (Å²) < 4.78 is 16.5. The summed E-state index contributed by atoms with van der Waals surface area (Å²) in [5.41, 5.74) is 5.63. The summed E-state index contributed by atoms with van der Waals surface area (Å²) in [6.07, 6.45) is 1.97. The lowest BCUT2D eigenvalue weighted by molar-refractivity contribution is 0.0899. The van der Waals surface area contributed by atoms with Crippen molar-refractivity contribution in [2.24, 2.45) is 0 Å². The van der Waals surface area contributed by atoms with Crippen LogP contribution in [0.5, 0.6) is 11.5 Å². The second-order valence-electron chi connectivity index (χ2n) is 6.80. The molecule has 0 aliphatic rings. The third-order valence-electron chi connectivity index (χ3n) is 4.51. The molecule has 0 aliphatic heterocycles. The van der Waals surface area contributed by atoms with Crippen LogP contribution in [0, 0.1) is 0 Å². The van der Waals surface area contributed by atoms with Crippen molar-refractivity contribution in [3.05, 3.63) is 77.7 Å². The van der Waals surface area contributed by atoms with Gasteiger partial charge in [-0.25, -0.2) is 10.2 Å². The molecule has 0 saturated heterocycles. The maximum absolute atomic E-state index is 12.3. The molecule has 0 spiro atoms. The number of carbonyl (C=O) groups excluding carboxylic acids is 2. The Morgan fingerprint density at radius 2 is 1.84 bits per heavy atom. The van der Waals surface area contributed by atoms with Crippen LogP contribution in [0.4, 0.5) is 4.79 Å². The van der Waals surface area contributed by atoms with Crippen LogP contribution in [0.25, 0.3) is 0 Å². The van der Waals surface area contributed by atoms with E-state index < -0.39 is 11.9 Å². The zero-order chi connectivity index (χ0) is 22.9. The maximum Gasteiger partial charge on any atom is 0.336 e. The summed E-state index contributed by atoms with van der Waals surface area (Å²) in [6.45, 7) is 0.527. The number of methoxy groups -OCH3 is 1. The molecule has 3 aromatic rings. The van der Waals surface area contributed by atoms with Crippen LogP contribution in [-0.4, -0.2) is 37.3 Å². The fraction of sp³-hybridized carbons (Fsp3) is 0.217. The number of carbonyl (C=O) groups is 2. The average Bonchev–Trinajstić information content (AvgIpc) is 3.30. The molecule has 9 heteroatoms. The minimum atomic E-state index is -0.566. The lowest BCUT2D eigenvalue weighted by Crippen LogP contribution is -2.47. The monoisotopic (exact) mass is 455 g/mol. The Labute approximate surface area is 190 Å². The SMILES string of the molecule is COc1cc(CN(C)C(=O)NNC(=O)c2ccc(COc3ccccc3)o2)ccc1SC. The number of benzene rings is 2. The highest BCUT2D eigenvalue weighted by molar-refractivity contribution is 7.98. The Hall–Kier alpha value is -3.59.